The summed E-state index contributed by atoms with van der Waals surface area (Å²) in [4.78, 5) is 52.9. The highest BCUT2D eigenvalue weighted by Gasteiger charge is 2.33. The zero-order valence-electron chi connectivity index (χ0n) is 24.6. The van der Waals surface area contributed by atoms with Gasteiger partial charge in [0.05, 0.1) is 34.4 Å². The Kier molecular flexibility index (Phi) is 8.27. The van der Waals surface area contributed by atoms with Crippen LogP contribution in [0.4, 0.5) is 14.5 Å². The van der Waals surface area contributed by atoms with E-state index in [4.69, 9.17) is 10.5 Å². The van der Waals surface area contributed by atoms with Crippen LogP contribution in [0.5, 0.6) is 0 Å². The van der Waals surface area contributed by atoms with Crippen molar-refractivity contribution in [1.82, 2.24) is 29.1 Å². The Labute approximate surface area is 252 Å². The molecular formula is C30H37F2N7O5. The molecule has 3 aliphatic rings. The number of rotatable bonds is 7. The molecule has 4 heterocycles. The van der Waals surface area contributed by atoms with Gasteiger partial charge in [0.15, 0.2) is 5.69 Å². The number of piperidine rings is 2. The van der Waals surface area contributed by atoms with Crippen LogP contribution in [0.15, 0.2) is 29.2 Å². The Morgan fingerprint density at radius 3 is 2.48 bits per heavy atom. The van der Waals surface area contributed by atoms with E-state index >= 15 is 0 Å². The Hall–Kier alpha value is -4.07. The van der Waals surface area contributed by atoms with Crippen LogP contribution < -0.4 is 16.7 Å². The molecule has 0 bridgehead atoms. The Morgan fingerprint density at radius 2 is 1.82 bits per heavy atom. The number of benzene rings is 1. The lowest BCUT2D eigenvalue weighted by molar-refractivity contribution is -0.135. The van der Waals surface area contributed by atoms with Crippen molar-refractivity contribution in [1.29, 1.82) is 0 Å². The molecule has 3 fully saturated rings. The molecule has 236 valence electrons. The number of alkyl halides is 2. The molecule has 1 aliphatic carbocycles. The van der Waals surface area contributed by atoms with E-state index in [2.05, 4.69) is 10.4 Å². The van der Waals surface area contributed by atoms with Crippen LogP contribution in [-0.2, 0) is 21.4 Å². The number of carbonyl (C=O) groups is 3. The number of nitrogen functional groups attached to an aromatic ring is 1. The first-order valence-electron chi connectivity index (χ1n) is 15.2. The van der Waals surface area contributed by atoms with Crippen LogP contribution in [0.1, 0.15) is 85.9 Å². The highest BCUT2D eigenvalue weighted by Crippen LogP contribution is 2.35. The van der Waals surface area contributed by atoms with Gasteiger partial charge >= 0.3 is 5.69 Å². The second kappa shape index (κ2) is 12.1. The quantitative estimate of drug-likeness (QED) is 0.390. The number of aryl methyl sites for hydroxylation is 1. The number of para-hydroxylation sites is 1. The third-order valence-corrected chi connectivity index (χ3v) is 9.34. The first-order valence-corrected chi connectivity index (χ1v) is 15.2. The molecule has 2 saturated heterocycles. The molecule has 0 spiro atoms. The van der Waals surface area contributed by atoms with E-state index in [1.54, 1.807) is 34.8 Å². The molecule has 12 nitrogen and oxygen atoms in total. The van der Waals surface area contributed by atoms with E-state index in [-0.39, 0.29) is 48.2 Å². The summed E-state index contributed by atoms with van der Waals surface area (Å²) in [5.41, 5.74) is 6.30. The summed E-state index contributed by atoms with van der Waals surface area (Å²) < 4.78 is 36.7. The van der Waals surface area contributed by atoms with Crippen LogP contribution in [0.25, 0.3) is 11.0 Å². The van der Waals surface area contributed by atoms with Gasteiger partial charge in [0.1, 0.15) is 6.04 Å². The van der Waals surface area contributed by atoms with Crippen molar-refractivity contribution in [2.45, 2.75) is 76.0 Å². The topological polar surface area (TPSA) is 146 Å². The van der Waals surface area contributed by atoms with Crippen molar-refractivity contribution in [2.75, 3.05) is 25.4 Å². The normalized spacial score (nSPS) is 23.5. The number of anilines is 1. The van der Waals surface area contributed by atoms with Gasteiger partial charge < -0.3 is 15.4 Å². The second-order valence-corrected chi connectivity index (χ2v) is 12.1. The number of fused-ring (bicyclic) bond motifs is 1. The minimum Gasteiger partial charge on any atom is -0.396 e. The molecule has 1 atom stereocenters. The molecule has 3 N–H and O–H groups in total. The van der Waals surface area contributed by atoms with Gasteiger partial charge in [-0.3, -0.25) is 33.5 Å². The first-order chi connectivity index (χ1) is 21.1. The SMILES string of the molecule is Cn1c(=O)n(C2CCC(=O)NC2=O)c2cccc(C(=O)N3CCC(OC[C@H]4CC[C@H](n5cc(N)c(C(F)F)n5)CC4)CC3)c21. The molecule has 3 amide bonds. The predicted octanol–water partition coefficient (Wildman–Crippen LogP) is 3.09. The molecule has 2 aliphatic heterocycles. The molecule has 14 heteroatoms. The smallest absolute Gasteiger partial charge is 0.329 e. The monoisotopic (exact) mass is 613 g/mol. The minimum absolute atomic E-state index is 0.0293. The lowest BCUT2D eigenvalue weighted by atomic mass is 9.86. The van der Waals surface area contributed by atoms with Gasteiger partial charge in [0.2, 0.25) is 11.8 Å². The number of nitrogens with zero attached hydrogens (tertiary/aromatic N) is 5. The van der Waals surface area contributed by atoms with Crippen LogP contribution in [0.3, 0.4) is 0 Å². The Morgan fingerprint density at radius 1 is 1.09 bits per heavy atom. The fraction of sp³-hybridized carbons (Fsp3) is 0.567. The third kappa shape index (κ3) is 5.62. The molecule has 2 aromatic heterocycles. The molecule has 0 radical (unpaired) electrons. The van der Waals surface area contributed by atoms with Crippen molar-refractivity contribution < 1.29 is 27.9 Å². The summed E-state index contributed by atoms with van der Waals surface area (Å²) in [7, 11) is 1.59. The molecule has 3 aromatic rings. The number of nitrogens with two attached hydrogens (primary N) is 1. The molecule has 1 aromatic carbocycles. The number of aromatic nitrogens is 4. The molecule has 1 saturated carbocycles. The van der Waals surface area contributed by atoms with Crippen LogP contribution in [-0.4, -0.2) is 67.3 Å². The van der Waals surface area contributed by atoms with Crippen molar-refractivity contribution in [2.24, 2.45) is 13.0 Å². The molecule has 1 unspecified atom stereocenters. The summed E-state index contributed by atoms with van der Waals surface area (Å²) in [6, 6.07) is 4.36. The van der Waals surface area contributed by atoms with Gasteiger partial charge in [0.25, 0.3) is 12.3 Å². The number of ether oxygens (including phenoxy) is 1. The van der Waals surface area contributed by atoms with E-state index < -0.39 is 24.1 Å². The third-order valence-electron chi connectivity index (χ3n) is 9.34. The average molecular weight is 614 g/mol. The summed E-state index contributed by atoms with van der Waals surface area (Å²) in [5.74, 6) is -0.688. The van der Waals surface area contributed by atoms with E-state index in [0.29, 0.717) is 55.1 Å². The van der Waals surface area contributed by atoms with Gasteiger partial charge in [-0.05, 0) is 63.0 Å². The summed E-state index contributed by atoms with van der Waals surface area (Å²) in [6.07, 6.45) is 4.06. The summed E-state index contributed by atoms with van der Waals surface area (Å²) in [6.45, 7) is 1.65. The Balaban J connectivity index is 1.04. The van der Waals surface area contributed by atoms with E-state index in [1.807, 2.05) is 0 Å². The fourth-order valence-electron chi connectivity index (χ4n) is 6.86. The maximum absolute atomic E-state index is 13.7. The zero-order valence-corrected chi connectivity index (χ0v) is 24.6. The maximum Gasteiger partial charge on any atom is 0.329 e. The number of imide groups is 1. The average Bonchev–Trinajstić information content (AvgIpc) is 3.53. The highest BCUT2D eigenvalue weighted by molar-refractivity contribution is 6.06. The van der Waals surface area contributed by atoms with Crippen molar-refractivity contribution >= 4 is 34.4 Å². The van der Waals surface area contributed by atoms with Crippen molar-refractivity contribution in [3.63, 3.8) is 0 Å². The number of imidazole rings is 1. The number of halogens is 2. The zero-order chi connectivity index (χ0) is 31.1. The Bertz CT molecular complexity index is 1630. The largest absolute Gasteiger partial charge is 0.396 e. The van der Waals surface area contributed by atoms with E-state index in [0.717, 1.165) is 25.7 Å². The number of carbonyl (C=O) groups excluding carboxylic acids is 3. The number of likely N-dealkylation sites (tertiary alicyclic amines) is 1. The van der Waals surface area contributed by atoms with Gasteiger partial charge in [-0.2, -0.15) is 5.10 Å². The summed E-state index contributed by atoms with van der Waals surface area (Å²) in [5, 5.41) is 6.31. The number of nitrogens with one attached hydrogen (secondary N) is 1. The van der Waals surface area contributed by atoms with Gasteiger partial charge in [-0.25, -0.2) is 13.6 Å². The van der Waals surface area contributed by atoms with Crippen LogP contribution in [0, 0.1) is 5.92 Å². The maximum atomic E-state index is 13.7. The standard InChI is InChI=1S/C30H37F2N7O5/c1-36-26-20(3-2-4-22(26)39(30(36)43)23-9-10-24(40)34-28(23)41)29(42)37-13-11-19(12-14-37)44-16-17-5-7-18(8-6-17)38-15-21(33)25(35-38)27(31)32/h2-4,15,17-19,23,27H,5-14,16,33H2,1H3,(H,34,40,41)/t17-,18-,23?. The van der Waals surface area contributed by atoms with Crippen LogP contribution in [0.2, 0.25) is 0 Å². The second-order valence-electron chi connectivity index (χ2n) is 12.1. The van der Waals surface area contributed by atoms with E-state index in [9.17, 15) is 28.0 Å². The lowest BCUT2D eigenvalue weighted by Gasteiger charge is -2.34. The fourth-order valence-corrected chi connectivity index (χ4v) is 6.86. The predicted molar refractivity (Wildman–Crippen MR) is 156 cm³/mol. The lowest BCUT2D eigenvalue weighted by Crippen LogP contribution is -2.44. The van der Waals surface area contributed by atoms with Crippen LogP contribution >= 0.6 is 0 Å². The molecule has 44 heavy (non-hydrogen) atoms. The first kappa shape index (κ1) is 30.0. The number of hydrogen-bond donors (Lipinski definition) is 2. The summed E-state index contributed by atoms with van der Waals surface area (Å²) >= 11 is 0. The number of amides is 3. The van der Waals surface area contributed by atoms with Gasteiger partial charge in [-0.15, -0.1) is 0 Å². The van der Waals surface area contributed by atoms with Gasteiger partial charge in [-0.1, -0.05) is 6.07 Å². The van der Waals surface area contributed by atoms with Crippen molar-refractivity contribution in [3.8, 4) is 0 Å². The highest BCUT2D eigenvalue weighted by atomic mass is 19.3. The molecular weight excluding hydrogens is 576 g/mol. The molecule has 6 rings (SSSR count). The minimum atomic E-state index is -2.68. The van der Waals surface area contributed by atoms with E-state index in [1.165, 1.54) is 15.3 Å². The van der Waals surface area contributed by atoms with Crippen molar-refractivity contribution in [3.05, 3.63) is 46.1 Å². The number of hydrogen-bond acceptors (Lipinski definition) is 7. The van der Waals surface area contributed by atoms with Gasteiger partial charge in [0, 0.05) is 39.4 Å².